The number of halogens is 1. The number of amides is 2. The summed E-state index contributed by atoms with van der Waals surface area (Å²) < 4.78 is 23.9. The first-order chi connectivity index (χ1) is 11.1. The molecule has 2 amide bonds. The Morgan fingerprint density at radius 3 is 2.96 bits per heavy atom. The summed E-state index contributed by atoms with van der Waals surface area (Å²) in [7, 11) is 1.40. The molecule has 2 aliphatic rings. The zero-order valence-corrected chi connectivity index (χ0v) is 14.0. The third-order valence-corrected chi connectivity index (χ3v) is 5.88. The van der Waals surface area contributed by atoms with Crippen molar-refractivity contribution in [2.24, 2.45) is 0 Å². The van der Waals surface area contributed by atoms with Crippen molar-refractivity contribution in [1.29, 1.82) is 0 Å². The van der Waals surface area contributed by atoms with Crippen molar-refractivity contribution in [2.45, 2.75) is 17.6 Å². The third kappa shape index (κ3) is 3.72. The summed E-state index contributed by atoms with van der Waals surface area (Å²) in [6.07, 6.45) is 1.96. The first-order valence-corrected chi connectivity index (χ1v) is 8.72. The highest BCUT2D eigenvalue weighted by molar-refractivity contribution is 8.00. The highest BCUT2D eigenvalue weighted by Gasteiger charge is 2.39. The van der Waals surface area contributed by atoms with E-state index in [1.54, 1.807) is 6.07 Å². The molecule has 7 heteroatoms. The second kappa shape index (κ2) is 6.97. The standard InChI is InChI=1S/C16H21FN2O3S/c1-21-14-10-12(2-3-13(14)17)18-15(20)19-6-9-23-16(11-19)4-7-22-8-5-16/h2-3,10H,4-9,11H2,1H3,(H,18,20). The Morgan fingerprint density at radius 2 is 2.22 bits per heavy atom. The van der Waals surface area contributed by atoms with Gasteiger partial charge in [0.2, 0.25) is 0 Å². The van der Waals surface area contributed by atoms with Crippen molar-refractivity contribution in [2.75, 3.05) is 44.5 Å². The van der Waals surface area contributed by atoms with Crippen LogP contribution in [0, 0.1) is 5.82 Å². The number of ether oxygens (including phenoxy) is 2. The monoisotopic (exact) mass is 340 g/mol. The Morgan fingerprint density at radius 1 is 1.43 bits per heavy atom. The van der Waals surface area contributed by atoms with E-state index in [1.165, 1.54) is 19.2 Å². The molecule has 3 rings (SSSR count). The van der Waals surface area contributed by atoms with Gasteiger partial charge in [-0.1, -0.05) is 0 Å². The molecular formula is C16H21FN2O3S. The highest BCUT2D eigenvalue weighted by Crippen LogP contribution is 2.39. The molecule has 1 aromatic carbocycles. The van der Waals surface area contributed by atoms with E-state index in [0.717, 1.165) is 44.9 Å². The maximum atomic E-state index is 13.4. The van der Waals surface area contributed by atoms with Gasteiger partial charge in [0.15, 0.2) is 11.6 Å². The van der Waals surface area contributed by atoms with Gasteiger partial charge in [-0.25, -0.2) is 9.18 Å². The summed E-state index contributed by atoms with van der Waals surface area (Å²) in [6, 6.07) is 4.18. The van der Waals surface area contributed by atoms with Gasteiger partial charge in [0.25, 0.3) is 0 Å². The third-order valence-electron chi connectivity index (χ3n) is 4.34. The van der Waals surface area contributed by atoms with Crippen LogP contribution in [0.3, 0.4) is 0 Å². The van der Waals surface area contributed by atoms with Gasteiger partial charge in [-0.15, -0.1) is 0 Å². The largest absolute Gasteiger partial charge is 0.494 e. The number of nitrogens with zero attached hydrogens (tertiary/aromatic N) is 1. The summed E-state index contributed by atoms with van der Waals surface area (Å²) >= 11 is 1.95. The number of hydrogen-bond donors (Lipinski definition) is 1. The van der Waals surface area contributed by atoms with Crippen molar-refractivity contribution in [3.05, 3.63) is 24.0 Å². The van der Waals surface area contributed by atoms with Crippen molar-refractivity contribution >= 4 is 23.5 Å². The van der Waals surface area contributed by atoms with E-state index < -0.39 is 5.82 Å². The number of carbonyl (C=O) groups is 1. The average molecular weight is 340 g/mol. The molecule has 126 valence electrons. The summed E-state index contributed by atoms with van der Waals surface area (Å²) in [6.45, 7) is 2.97. The van der Waals surface area contributed by atoms with Gasteiger partial charge < -0.3 is 19.7 Å². The zero-order chi connectivity index (χ0) is 16.3. The lowest BCUT2D eigenvalue weighted by molar-refractivity contribution is 0.0678. The van der Waals surface area contributed by atoms with E-state index in [2.05, 4.69) is 5.32 Å². The van der Waals surface area contributed by atoms with Gasteiger partial charge in [0.1, 0.15) is 0 Å². The second-order valence-electron chi connectivity index (χ2n) is 5.84. The number of urea groups is 1. The summed E-state index contributed by atoms with van der Waals surface area (Å²) in [5.41, 5.74) is 0.535. The molecular weight excluding hydrogens is 319 g/mol. The van der Waals surface area contributed by atoms with Crippen LogP contribution in [0.25, 0.3) is 0 Å². The Bertz CT molecular complexity index is 573. The predicted molar refractivity (Wildman–Crippen MR) is 88.8 cm³/mol. The number of methoxy groups -OCH3 is 1. The van der Waals surface area contributed by atoms with E-state index in [0.29, 0.717) is 5.69 Å². The quantitative estimate of drug-likeness (QED) is 0.899. The van der Waals surface area contributed by atoms with Crippen LogP contribution >= 0.6 is 11.8 Å². The van der Waals surface area contributed by atoms with Crippen molar-refractivity contribution in [1.82, 2.24) is 4.90 Å². The molecule has 0 unspecified atom stereocenters. The van der Waals surface area contributed by atoms with Gasteiger partial charge in [-0.2, -0.15) is 11.8 Å². The van der Waals surface area contributed by atoms with Crippen LogP contribution in [0.1, 0.15) is 12.8 Å². The molecule has 1 spiro atoms. The molecule has 2 fully saturated rings. The van der Waals surface area contributed by atoms with Crippen LogP contribution < -0.4 is 10.1 Å². The molecule has 0 radical (unpaired) electrons. The van der Waals surface area contributed by atoms with Gasteiger partial charge in [0.05, 0.1) is 7.11 Å². The molecule has 1 aromatic rings. The van der Waals surface area contributed by atoms with Gasteiger partial charge >= 0.3 is 6.03 Å². The minimum atomic E-state index is -0.443. The first-order valence-electron chi connectivity index (χ1n) is 7.73. The number of benzene rings is 1. The van der Waals surface area contributed by atoms with E-state index in [1.807, 2.05) is 16.7 Å². The molecule has 1 N–H and O–H groups in total. The topological polar surface area (TPSA) is 50.8 Å². The molecule has 23 heavy (non-hydrogen) atoms. The minimum absolute atomic E-state index is 0.119. The molecule has 2 heterocycles. The lowest BCUT2D eigenvalue weighted by atomic mass is 9.98. The fourth-order valence-corrected chi connectivity index (χ4v) is 4.45. The molecule has 0 saturated carbocycles. The number of carbonyl (C=O) groups excluding carboxylic acids is 1. The Hall–Kier alpha value is -1.47. The summed E-state index contributed by atoms with van der Waals surface area (Å²) in [5, 5.41) is 2.84. The van der Waals surface area contributed by atoms with Crippen LogP contribution in [0.4, 0.5) is 14.9 Å². The molecule has 2 saturated heterocycles. The van der Waals surface area contributed by atoms with Gasteiger partial charge in [0, 0.05) is 48.6 Å². The fraction of sp³-hybridized carbons (Fsp3) is 0.562. The molecule has 2 aliphatic heterocycles. The van der Waals surface area contributed by atoms with E-state index in [9.17, 15) is 9.18 Å². The van der Waals surface area contributed by atoms with Crippen LogP contribution in [0.2, 0.25) is 0 Å². The normalized spacial score (nSPS) is 20.3. The van der Waals surface area contributed by atoms with E-state index >= 15 is 0 Å². The van der Waals surface area contributed by atoms with E-state index in [4.69, 9.17) is 9.47 Å². The first kappa shape index (κ1) is 16.4. The molecule has 0 aromatic heterocycles. The molecule has 0 aliphatic carbocycles. The smallest absolute Gasteiger partial charge is 0.321 e. The van der Waals surface area contributed by atoms with Crippen molar-refractivity contribution in [3.63, 3.8) is 0 Å². The van der Waals surface area contributed by atoms with Crippen LogP contribution in [0.5, 0.6) is 5.75 Å². The van der Waals surface area contributed by atoms with Crippen molar-refractivity contribution in [3.8, 4) is 5.75 Å². The van der Waals surface area contributed by atoms with Gasteiger partial charge in [-0.3, -0.25) is 0 Å². The molecule has 0 atom stereocenters. The number of anilines is 1. The van der Waals surface area contributed by atoms with Crippen LogP contribution in [-0.4, -0.2) is 54.8 Å². The molecule has 0 bridgehead atoms. The number of thioether (sulfide) groups is 1. The van der Waals surface area contributed by atoms with Crippen LogP contribution in [-0.2, 0) is 4.74 Å². The molecule has 5 nitrogen and oxygen atoms in total. The Kier molecular flexibility index (Phi) is 4.96. The fourth-order valence-electron chi connectivity index (χ4n) is 3.00. The maximum Gasteiger partial charge on any atom is 0.321 e. The Labute approximate surface area is 139 Å². The highest BCUT2D eigenvalue weighted by atomic mass is 32.2. The number of hydrogen-bond acceptors (Lipinski definition) is 4. The van der Waals surface area contributed by atoms with E-state index in [-0.39, 0.29) is 16.5 Å². The second-order valence-corrected chi connectivity index (χ2v) is 7.41. The van der Waals surface area contributed by atoms with Gasteiger partial charge in [-0.05, 0) is 25.0 Å². The lowest BCUT2D eigenvalue weighted by Crippen LogP contribution is -2.52. The number of nitrogens with one attached hydrogen (secondary N) is 1. The van der Waals surface area contributed by atoms with Crippen molar-refractivity contribution < 1.29 is 18.7 Å². The Balaban J connectivity index is 1.65. The lowest BCUT2D eigenvalue weighted by Gasteiger charge is -2.44. The summed E-state index contributed by atoms with van der Waals surface area (Å²) in [4.78, 5) is 14.4. The minimum Gasteiger partial charge on any atom is -0.494 e. The average Bonchev–Trinajstić information content (AvgIpc) is 2.57. The number of rotatable bonds is 2. The summed E-state index contributed by atoms with van der Waals surface area (Å²) in [5.74, 6) is 0.610. The maximum absolute atomic E-state index is 13.4. The van der Waals surface area contributed by atoms with Crippen LogP contribution in [0.15, 0.2) is 18.2 Å². The predicted octanol–water partition coefficient (Wildman–Crippen LogP) is 2.96. The SMILES string of the molecule is COc1cc(NC(=O)N2CCSC3(CCOCC3)C2)ccc1F. The zero-order valence-electron chi connectivity index (χ0n) is 13.1.